The third-order valence-electron chi connectivity index (χ3n) is 2.93. The maximum absolute atomic E-state index is 12.8. The van der Waals surface area contributed by atoms with Gasteiger partial charge in [0.1, 0.15) is 5.56 Å². The van der Waals surface area contributed by atoms with E-state index in [1.165, 1.54) is 20.4 Å². The van der Waals surface area contributed by atoms with Crippen LogP contribution >= 0.6 is 0 Å². The molecule has 0 fully saturated rings. The second kappa shape index (κ2) is 5.66. The van der Waals surface area contributed by atoms with E-state index in [4.69, 9.17) is 4.74 Å². The Kier molecular flexibility index (Phi) is 4.07. The lowest BCUT2D eigenvalue weighted by atomic mass is 10.1. The number of rotatable bonds is 3. The lowest BCUT2D eigenvalue weighted by molar-refractivity contribution is -0.139. The minimum Gasteiger partial charge on any atom is -0.491 e. The molecule has 2 aromatic heterocycles. The van der Waals surface area contributed by atoms with Crippen LogP contribution in [0, 0.1) is 0 Å². The summed E-state index contributed by atoms with van der Waals surface area (Å²) in [4.78, 5) is 15.7. The van der Waals surface area contributed by atoms with Crippen LogP contribution in [0.5, 0.6) is 11.6 Å². The van der Waals surface area contributed by atoms with Crippen LogP contribution in [0.25, 0.3) is 11.3 Å². The monoisotopic (exact) mass is 315 g/mol. The Balaban J connectivity index is 2.65. The summed E-state index contributed by atoms with van der Waals surface area (Å²) < 4.78 is 49.2. The summed E-state index contributed by atoms with van der Waals surface area (Å²) in [7, 11) is 3.79. The van der Waals surface area contributed by atoms with E-state index in [1.54, 1.807) is 0 Å². The smallest absolute Gasteiger partial charge is 0.421 e. The van der Waals surface area contributed by atoms with Gasteiger partial charge in [0.05, 0.1) is 31.7 Å². The van der Waals surface area contributed by atoms with Crippen LogP contribution in [0.3, 0.4) is 0 Å². The van der Waals surface area contributed by atoms with E-state index >= 15 is 0 Å². The third kappa shape index (κ3) is 2.74. The molecule has 118 valence electrons. The Morgan fingerprint density at radius 1 is 1.18 bits per heavy atom. The van der Waals surface area contributed by atoms with Crippen molar-refractivity contribution in [2.75, 3.05) is 14.2 Å². The number of halogens is 3. The van der Waals surface area contributed by atoms with Gasteiger partial charge in [0, 0.05) is 7.05 Å². The zero-order valence-corrected chi connectivity index (χ0v) is 11.9. The maximum Gasteiger partial charge on any atom is 0.421 e. The summed E-state index contributed by atoms with van der Waals surface area (Å²) in [6.45, 7) is 0. The predicted octanol–water partition coefficient (Wildman–Crippen LogP) is 1.88. The van der Waals surface area contributed by atoms with Crippen molar-refractivity contribution < 1.29 is 22.6 Å². The summed E-state index contributed by atoms with van der Waals surface area (Å²) in [5.41, 5.74) is -1.26. The minimum absolute atomic E-state index is 0.0631. The molecule has 0 spiro atoms. The SMILES string of the molecule is COc1nc(-c2cnn(C)c(=O)c2OC)ccc1C(F)(F)F. The van der Waals surface area contributed by atoms with Gasteiger partial charge in [0.2, 0.25) is 5.88 Å². The third-order valence-corrected chi connectivity index (χ3v) is 2.93. The predicted molar refractivity (Wildman–Crippen MR) is 70.8 cm³/mol. The van der Waals surface area contributed by atoms with Crippen LogP contribution in [-0.2, 0) is 13.2 Å². The van der Waals surface area contributed by atoms with Gasteiger partial charge in [-0.05, 0) is 12.1 Å². The highest BCUT2D eigenvalue weighted by atomic mass is 19.4. The molecule has 6 nitrogen and oxygen atoms in total. The first kappa shape index (κ1) is 15.8. The highest BCUT2D eigenvalue weighted by Gasteiger charge is 2.35. The molecule has 0 saturated carbocycles. The Hall–Kier alpha value is -2.58. The van der Waals surface area contributed by atoms with Crippen LogP contribution in [0.2, 0.25) is 0 Å². The van der Waals surface area contributed by atoms with Gasteiger partial charge in [-0.3, -0.25) is 4.79 Å². The van der Waals surface area contributed by atoms with E-state index in [0.717, 1.165) is 23.9 Å². The van der Waals surface area contributed by atoms with E-state index in [2.05, 4.69) is 14.8 Å². The normalized spacial score (nSPS) is 11.4. The Labute approximate surface area is 123 Å². The first-order valence-electron chi connectivity index (χ1n) is 6.02. The van der Waals surface area contributed by atoms with Crippen LogP contribution in [-0.4, -0.2) is 29.0 Å². The molecule has 0 bridgehead atoms. The molecule has 0 atom stereocenters. The van der Waals surface area contributed by atoms with Crippen LogP contribution in [0.1, 0.15) is 5.56 Å². The van der Waals surface area contributed by atoms with E-state index in [-0.39, 0.29) is 17.0 Å². The van der Waals surface area contributed by atoms with E-state index < -0.39 is 23.2 Å². The minimum atomic E-state index is -4.59. The molecule has 2 rings (SSSR count). The number of hydrogen-bond acceptors (Lipinski definition) is 5. The lowest BCUT2D eigenvalue weighted by Gasteiger charge is -2.13. The number of nitrogens with zero attached hydrogens (tertiary/aromatic N) is 3. The van der Waals surface area contributed by atoms with Crippen LogP contribution < -0.4 is 15.0 Å². The van der Waals surface area contributed by atoms with Crippen molar-refractivity contribution in [2.24, 2.45) is 7.05 Å². The highest BCUT2D eigenvalue weighted by molar-refractivity contribution is 5.66. The molecule has 2 aromatic rings. The van der Waals surface area contributed by atoms with Gasteiger partial charge >= 0.3 is 11.7 Å². The van der Waals surface area contributed by atoms with Crippen molar-refractivity contribution in [3.05, 3.63) is 34.2 Å². The zero-order chi connectivity index (χ0) is 16.5. The fraction of sp³-hybridized carbons (Fsp3) is 0.308. The number of methoxy groups -OCH3 is 2. The fourth-order valence-corrected chi connectivity index (χ4v) is 1.86. The van der Waals surface area contributed by atoms with Crippen molar-refractivity contribution in [1.29, 1.82) is 0 Å². The first-order valence-corrected chi connectivity index (χ1v) is 6.02. The quantitative estimate of drug-likeness (QED) is 0.865. The van der Waals surface area contributed by atoms with E-state index in [1.807, 2.05) is 0 Å². The first-order chi connectivity index (χ1) is 10.3. The van der Waals surface area contributed by atoms with Gasteiger partial charge in [-0.25, -0.2) is 9.67 Å². The highest BCUT2D eigenvalue weighted by Crippen LogP contribution is 2.37. The zero-order valence-electron chi connectivity index (χ0n) is 11.9. The number of aromatic nitrogens is 3. The molecule has 2 heterocycles. The topological polar surface area (TPSA) is 66.2 Å². The summed E-state index contributed by atoms with van der Waals surface area (Å²) in [5.74, 6) is -0.653. The number of aryl methyl sites for hydroxylation is 1. The van der Waals surface area contributed by atoms with E-state index in [0.29, 0.717) is 0 Å². The van der Waals surface area contributed by atoms with Gasteiger partial charge < -0.3 is 9.47 Å². The van der Waals surface area contributed by atoms with Crippen LogP contribution in [0.4, 0.5) is 13.2 Å². The number of hydrogen-bond donors (Lipinski definition) is 0. The van der Waals surface area contributed by atoms with Crippen LogP contribution in [0.15, 0.2) is 23.1 Å². The van der Waals surface area contributed by atoms with Gasteiger partial charge in [-0.1, -0.05) is 0 Å². The summed E-state index contributed by atoms with van der Waals surface area (Å²) >= 11 is 0. The van der Waals surface area contributed by atoms with Gasteiger partial charge in [-0.15, -0.1) is 0 Å². The molecule has 9 heteroatoms. The molecular weight excluding hydrogens is 303 g/mol. The average Bonchev–Trinajstić information content (AvgIpc) is 2.48. The van der Waals surface area contributed by atoms with Crippen molar-refractivity contribution in [1.82, 2.24) is 14.8 Å². The molecular formula is C13H12F3N3O3. The van der Waals surface area contributed by atoms with Crippen molar-refractivity contribution in [2.45, 2.75) is 6.18 Å². The Bertz CT molecular complexity index is 756. The number of pyridine rings is 1. The maximum atomic E-state index is 12.8. The van der Waals surface area contributed by atoms with Crippen molar-refractivity contribution in [3.8, 4) is 22.9 Å². The van der Waals surface area contributed by atoms with Crippen molar-refractivity contribution >= 4 is 0 Å². The van der Waals surface area contributed by atoms with Gasteiger partial charge in [0.25, 0.3) is 0 Å². The largest absolute Gasteiger partial charge is 0.491 e. The molecule has 0 aliphatic rings. The van der Waals surface area contributed by atoms with Gasteiger partial charge in [0.15, 0.2) is 5.75 Å². The Morgan fingerprint density at radius 2 is 1.86 bits per heavy atom. The molecule has 0 aromatic carbocycles. The molecule has 0 radical (unpaired) electrons. The molecule has 0 aliphatic carbocycles. The molecule has 0 amide bonds. The molecule has 0 N–H and O–H groups in total. The summed E-state index contributed by atoms with van der Waals surface area (Å²) in [6.07, 6.45) is -3.30. The second-order valence-corrected chi connectivity index (χ2v) is 4.27. The summed E-state index contributed by atoms with van der Waals surface area (Å²) in [6, 6.07) is 1.96. The average molecular weight is 315 g/mol. The molecule has 22 heavy (non-hydrogen) atoms. The van der Waals surface area contributed by atoms with Gasteiger partial charge in [-0.2, -0.15) is 18.3 Å². The standard InChI is InChI=1S/C13H12F3N3O3/c1-19-12(20)10(21-2)7(6-17-19)9-5-4-8(13(14,15)16)11(18-9)22-3/h4-6H,1-3H3. The molecule has 0 unspecified atom stereocenters. The summed E-state index contributed by atoms with van der Waals surface area (Å²) in [5, 5.41) is 3.81. The number of alkyl halides is 3. The molecule has 0 aliphatic heterocycles. The molecule has 0 saturated heterocycles. The second-order valence-electron chi connectivity index (χ2n) is 4.27. The fourth-order valence-electron chi connectivity index (χ4n) is 1.86. The van der Waals surface area contributed by atoms with Crippen molar-refractivity contribution in [3.63, 3.8) is 0 Å². The Morgan fingerprint density at radius 3 is 2.41 bits per heavy atom. The lowest BCUT2D eigenvalue weighted by Crippen LogP contribution is -2.21. The number of ether oxygens (including phenoxy) is 2. The van der Waals surface area contributed by atoms with E-state index in [9.17, 15) is 18.0 Å².